The number of hydrogen-bond acceptors (Lipinski definition) is 5. The Balaban J connectivity index is 2.53. The lowest BCUT2D eigenvalue weighted by molar-refractivity contribution is 0.0520. The van der Waals surface area contributed by atoms with E-state index in [1.165, 1.54) is 0 Å². The minimum absolute atomic E-state index is 0.459. The molecular formula is C14H28N4O2. The Morgan fingerprint density at radius 3 is 2.65 bits per heavy atom. The van der Waals surface area contributed by atoms with Crippen LogP contribution < -0.4 is 5.73 Å². The highest BCUT2D eigenvalue weighted by atomic mass is 16.5. The van der Waals surface area contributed by atoms with Gasteiger partial charge in [-0.3, -0.25) is 9.58 Å². The second-order valence-corrected chi connectivity index (χ2v) is 5.11. The molecule has 116 valence electrons. The monoisotopic (exact) mass is 284 g/mol. The fraction of sp³-hybridized carbons (Fsp3) is 0.786. The lowest BCUT2D eigenvalue weighted by Crippen LogP contribution is -2.43. The van der Waals surface area contributed by atoms with Gasteiger partial charge in [0.15, 0.2) is 0 Å². The molecule has 1 aromatic heterocycles. The van der Waals surface area contributed by atoms with Crippen molar-refractivity contribution >= 4 is 5.69 Å². The molecule has 0 aliphatic rings. The number of nitrogens with two attached hydrogens (primary N) is 1. The number of rotatable bonds is 10. The smallest absolute Gasteiger partial charge is 0.0862 e. The van der Waals surface area contributed by atoms with Crippen LogP contribution in [0.1, 0.15) is 26.7 Å². The average Bonchev–Trinajstić information content (AvgIpc) is 2.82. The van der Waals surface area contributed by atoms with Gasteiger partial charge in [-0.15, -0.1) is 0 Å². The van der Waals surface area contributed by atoms with Gasteiger partial charge >= 0.3 is 0 Å². The van der Waals surface area contributed by atoms with Crippen molar-refractivity contribution in [2.24, 2.45) is 0 Å². The van der Waals surface area contributed by atoms with Crippen LogP contribution in [0.5, 0.6) is 0 Å². The molecule has 6 heteroatoms. The zero-order valence-corrected chi connectivity index (χ0v) is 12.8. The zero-order chi connectivity index (χ0) is 15.0. The third kappa shape index (κ3) is 5.48. The number of nitrogen functional groups attached to an aromatic ring is 1. The Morgan fingerprint density at radius 2 is 2.15 bits per heavy atom. The van der Waals surface area contributed by atoms with Crippen LogP contribution in [0.3, 0.4) is 0 Å². The van der Waals surface area contributed by atoms with Gasteiger partial charge in [0.05, 0.1) is 31.1 Å². The van der Waals surface area contributed by atoms with E-state index in [-0.39, 0.29) is 0 Å². The first-order valence-electron chi connectivity index (χ1n) is 7.29. The molecule has 1 rings (SSSR count). The molecule has 1 atom stereocenters. The second kappa shape index (κ2) is 8.94. The molecule has 1 aromatic rings. The maximum Gasteiger partial charge on any atom is 0.0862 e. The molecule has 6 nitrogen and oxygen atoms in total. The lowest BCUT2D eigenvalue weighted by atomic mass is 10.1. The van der Waals surface area contributed by atoms with Crippen LogP contribution in [0.4, 0.5) is 5.69 Å². The maximum atomic E-state index is 10.2. The maximum absolute atomic E-state index is 10.2. The minimum atomic E-state index is -0.466. The summed E-state index contributed by atoms with van der Waals surface area (Å²) in [6.07, 6.45) is 5.01. The van der Waals surface area contributed by atoms with E-state index in [4.69, 9.17) is 10.5 Å². The average molecular weight is 284 g/mol. The highest BCUT2D eigenvalue weighted by Gasteiger charge is 2.18. The molecule has 0 aliphatic heterocycles. The van der Waals surface area contributed by atoms with Gasteiger partial charge in [-0.2, -0.15) is 5.10 Å². The summed E-state index contributed by atoms with van der Waals surface area (Å²) in [5, 5.41) is 14.3. The van der Waals surface area contributed by atoms with Gasteiger partial charge in [-0.1, -0.05) is 13.8 Å². The Bertz CT molecular complexity index is 366. The van der Waals surface area contributed by atoms with Crippen molar-refractivity contribution in [1.82, 2.24) is 14.7 Å². The zero-order valence-electron chi connectivity index (χ0n) is 12.8. The van der Waals surface area contributed by atoms with Crippen molar-refractivity contribution in [2.45, 2.75) is 45.4 Å². The van der Waals surface area contributed by atoms with Crippen molar-refractivity contribution in [3.05, 3.63) is 12.4 Å². The Morgan fingerprint density at radius 1 is 1.45 bits per heavy atom. The molecule has 0 aromatic carbocycles. The number of aliphatic hydroxyl groups is 1. The van der Waals surface area contributed by atoms with Gasteiger partial charge in [0.1, 0.15) is 0 Å². The van der Waals surface area contributed by atoms with Crippen LogP contribution in [-0.4, -0.2) is 58.7 Å². The summed E-state index contributed by atoms with van der Waals surface area (Å²) in [4.78, 5) is 2.29. The molecule has 0 saturated carbocycles. The molecule has 0 spiro atoms. The van der Waals surface area contributed by atoms with Gasteiger partial charge in [-0.25, -0.2) is 0 Å². The van der Waals surface area contributed by atoms with Crippen LogP contribution in [0.2, 0.25) is 0 Å². The third-order valence-corrected chi connectivity index (χ3v) is 3.54. The van der Waals surface area contributed by atoms with Gasteiger partial charge in [0, 0.05) is 32.4 Å². The molecule has 20 heavy (non-hydrogen) atoms. The first-order valence-corrected chi connectivity index (χ1v) is 7.29. The molecule has 0 amide bonds. The van der Waals surface area contributed by atoms with Gasteiger partial charge in [-0.05, 0) is 12.8 Å². The molecule has 0 aliphatic carbocycles. The molecular weight excluding hydrogens is 256 g/mol. The topological polar surface area (TPSA) is 76.5 Å². The Labute approximate surface area is 121 Å². The van der Waals surface area contributed by atoms with Crippen molar-refractivity contribution in [1.29, 1.82) is 0 Å². The van der Waals surface area contributed by atoms with E-state index in [2.05, 4.69) is 23.8 Å². The summed E-state index contributed by atoms with van der Waals surface area (Å²) >= 11 is 0. The van der Waals surface area contributed by atoms with Crippen molar-refractivity contribution in [3.63, 3.8) is 0 Å². The number of aromatic nitrogens is 2. The number of anilines is 1. The predicted octanol–water partition coefficient (Wildman–Crippen LogP) is 0.963. The van der Waals surface area contributed by atoms with E-state index in [0.717, 1.165) is 19.4 Å². The van der Waals surface area contributed by atoms with Crippen LogP contribution >= 0.6 is 0 Å². The SMILES string of the molecule is CCC(CC)N(CCOC)CC(O)Cn1cc(N)cn1. The standard InChI is InChI=1S/C14H28N4O2/c1-4-13(5-2)17(6-7-20-3)10-14(19)11-18-9-12(15)8-16-18/h8-9,13-14,19H,4-7,10-11,15H2,1-3H3. The van der Waals surface area contributed by atoms with Gasteiger partial charge < -0.3 is 15.6 Å². The van der Waals surface area contributed by atoms with E-state index in [0.29, 0.717) is 31.4 Å². The van der Waals surface area contributed by atoms with E-state index >= 15 is 0 Å². The largest absolute Gasteiger partial charge is 0.396 e. The van der Waals surface area contributed by atoms with Crippen molar-refractivity contribution in [2.75, 3.05) is 32.5 Å². The number of hydrogen-bond donors (Lipinski definition) is 2. The molecule has 1 unspecified atom stereocenters. The fourth-order valence-corrected chi connectivity index (χ4v) is 2.46. The summed E-state index contributed by atoms with van der Waals surface area (Å²) in [5.41, 5.74) is 6.24. The summed E-state index contributed by atoms with van der Waals surface area (Å²) < 4.78 is 6.84. The number of methoxy groups -OCH3 is 1. The summed E-state index contributed by atoms with van der Waals surface area (Å²) in [7, 11) is 1.70. The molecule has 3 N–H and O–H groups in total. The first kappa shape index (κ1) is 16.9. The molecule has 0 saturated heterocycles. The van der Waals surface area contributed by atoms with Crippen molar-refractivity contribution < 1.29 is 9.84 Å². The molecule has 0 bridgehead atoms. The normalized spacial score (nSPS) is 13.3. The van der Waals surface area contributed by atoms with Crippen LogP contribution in [-0.2, 0) is 11.3 Å². The van der Waals surface area contributed by atoms with E-state index in [9.17, 15) is 5.11 Å². The van der Waals surface area contributed by atoms with Crippen molar-refractivity contribution in [3.8, 4) is 0 Å². The third-order valence-electron chi connectivity index (χ3n) is 3.54. The van der Waals surface area contributed by atoms with E-state index in [1.54, 1.807) is 24.2 Å². The Kier molecular flexibility index (Phi) is 7.58. The summed E-state index contributed by atoms with van der Waals surface area (Å²) in [6.45, 7) is 6.94. The Hall–Kier alpha value is -1.11. The van der Waals surface area contributed by atoms with E-state index < -0.39 is 6.10 Å². The number of nitrogens with zero attached hydrogens (tertiary/aromatic N) is 3. The lowest BCUT2D eigenvalue weighted by Gasteiger charge is -2.31. The molecule has 0 radical (unpaired) electrons. The van der Waals surface area contributed by atoms with Gasteiger partial charge in [0.25, 0.3) is 0 Å². The van der Waals surface area contributed by atoms with Gasteiger partial charge in [0.2, 0.25) is 0 Å². The number of ether oxygens (including phenoxy) is 1. The first-order chi connectivity index (χ1) is 9.60. The second-order valence-electron chi connectivity index (χ2n) is 5.11. The fourth-order valence-electron chi connectivity index (χ4n) is 2.46. The summed E-state index contributed by atoms with van der Waals surface area (Å²) in [5.74, 6) is 0. The molecule has 0 fully saturated rings. The van der Waals surface area contributed by atoms with Crippen LogP contribution in [0, 0.1) is 0 Å². The molecule has 1 heterocycles. The van der Waals surface area contributed by atoms with Crippen LogP contribution in [0.25, 0.3) is 0 Å². The number of aliphatic hydroxyl groups excluding tert-OH is 1. The van der Waals surface area contributed by atoms with E-state index in [1.807, 2.05) is 0 Å². The predicted molar refractivity (Wildman–Crippen MR) is 80.5 cm³/mol. The van der Waals surface area contributed by atoms with Crippen LogP contribution in [0.15, 0.2) is 12.4 Å². The summed E-state index contributed by atoms with van der Waals surface area (Å²) in [6, 6.07) is 0.475. The highest BCUT2D eigenvalue weighted by Crippen LogP contribution is 2.10. The highest BCUT2D eigenvalue weighted by molar-refractivity contribution is 5.30. The quantitative estimate of drug-likeness (QED) is 0.669. The minimum Gasteiger partial charge on any atom is -0.396 e.